The van der Waals surface area contributed by atoms with Gasteiger partial charge in [-0.15, -0.1) is 0 Å². The highest BCUT2D eigenvalue weighted by molar-refractivity contribution is 6.42. The Morgan fingerprint density at radius 1 is 0.968 bits per heavy atom. The minimum absolute atomic E-state index is 0.0901. The van der Waals surface area contributed by atoms with E-state index < -0.39 is 5.91 Å². The summed E-state index contributed by atoms with van der Waals surface area (Å²) in [6.07, 6.45) is 2.18. The van der Waals surface area contributed by atoms with Crippen molar-refractivity contribution in [3.8, 4) is 11.5 Å². The van der Waals surface area contributed by atoms with Gasteiger partial charge in [0.1, 0.15) is 5.75 Å². The first-order valence-corrected chi connectivity index (χ1v) is 10.9. The number of halogens is 3. The van der Waals surface area contributed by atoms with Crippen LogP contribution in [-0.4, -0.2) is 25.5 Å². The number of hydrogen-bond donors (Lipinski definition) is 2. The molecule has 0 heterocycles. The molecular formula is C22H25Cl3N2O4. The van der Waals surface area contributed by atoms with Gasteiger partial charge in [-0.2, -0.15) is 0 Å². The third-order valence-corrected chi connectivity index (χ3v) is 6.06. The topological polar surface area (TPSA) is 76.7 Å². The number of hydrogen-bond acceptors (Lipinski definition) is 4. The zero-order valence-electron chi connectivity index (χ0n) is 17.8. The van der Waals surface area contributed by atoms with Gasteiger partial charge in [0.25, 0.3) is 5.91 Å². The Morgan fingerprint density at radius 2 is 1.61 bits per heavy atom. The van der Waals surface area contributed by atoms with Gasteiger partial charge < -0.3 is 20.1 Å². The van der Waals surface area contributed by atoms with E-state index in [1.807, 2.05) is 6.92 Å². The number of carbonyl (C=O) groups excluding carboxylic acids is 2. The summed E-state index contributed by atoms with van der Waals surface area (Å²) in [4.78, 5) is 24.3. The van der Waals surface area contributed by atoms with Gasteiger partial charge in [-0.3, -0.25) is 9.59 Å². The average Bonchev–Trinajstić information content (AvgIpc) is 2.75. The second-order valence-electron chi connectivity index (χ2n) is 6.92. The Labute approximate surface area is 197 Å². The molecular weight excluding hydrogens is 463 g/mol. The lowest BCUT2D eigenvalue weighted by Gasteiger charge is -2.16. The number of amides is 2. The van der Waals surface area contributed by atoms with Gasteiger partial charge >= 0.3 is 0 Å². The molecule has 2 aromatic carbocycles. The van der Waals surface area contributed by atoms with Gasteiger partial charge in [0, 0.05) is 23.2 Å². The maximum atomic E-state index is 12.4. The Hall–Kier alpha value is -2.15. The van der Waals surface area contributed by atoms with Gasteiger partial charge in [-0.25, -0.2) is 0 Å². The molecule has 2 aromatic rings. The molecule has 2 amide bonds. The lowest BCUT2D eigenvalue weighted by atomic mass is 10.1. The van der Waals surface area contributed by atoms with Crippen molar-refractivity contribution in [2.75, 3.05) is 24.4 Å². The summed E-state index contributed by atoms with van der Waals surface area (Å²) < 4.78 is 10.9. The smallest absolute Gasteiger partial charge is 0.262 e. The first kappa shape index (κ1) is 25.1. The van der Waals surface area contributed by atoms with Crippen LogP contribution in [0.15, 0.2) is 18.2 Å². The number of unbranched alkanes of at least 4 members (excludes halogenated alkanes) is 1. The monoisotopic (exact) mass is 486 g/mol. The predicted octanol–water partition coefficient (Wildman–Crippen LogP) is 6.42. The second kappa shape index (κ2) is 11.5. The summed E-state index contributed by atoms with van der Waals surface area (Å²) in [7, 11) is 1.49. The molecule has 0 saturated heterocycles. The molecule has 0 aliphatic carbocycles. The molecule has 2 rings (SSSR count). The minimum atomic E-state index is -0.417. The molecule has 9 heteroatoms. The third-order valence-electron chi connectivity index (χ3n) is 4.58. The Kier molecular flexibility index (Phi) is 9.29. The van der Waals surface area contributed by atoms with Crippen LogP contribution in [0.5, 0.6) is 11.5 Å². The standard InChI is InChI=1S/C22H25Cl3N2O4/c1-5-6-7-17(28)27-15-9-8-14(10-16(15)30-4)26-18(29)11-31-22-20(24)12(2)19(23)13(3)21(22)25/h8-10H,5-7,11H2,1-4H3,(H,26,29)(H,27,28). The van der Waals surface area contributed by atoms with E-state index >= 15 is 0 Å². The van der Waals surface area contributed by atoms with Crippen molar-refractivity contribution in [2.24, 2.45) is 0 Å². The van der Waals surface area contributed by atoms with E-state index in [4.69, 9.17) is 44.3 Å². The molecule has 0 saturated carbocycles. The van der Waals surface area contributed by atoms with E-state index in [9.17, 15) is 9.59 Å². The number of rotatable bonds is 9. The van der Waals surface area contributed by atoms with Crippen LogP contribution in [0, 0.1) is 13.8 Å². The van der Waals surface area contributed by atoms with Crippen molar-refractivity contribution in [3.63, 3.8) is 0 Å². The van der Waals surface area contributed by atoms with Crippen LogP contribution >= 0.6 is 34.8 Å². The molecule has 0 unspecified atom stereocenters. The minimum Gasteiger partial charge on any atom is -0.494 e. The summed E-state index contributed by atoms with van der Waals surface area (Å²) in [5.41, 5.74) is 2.27. The van der Waals surface area contributed by atoms with E-state index in [2.05, 4.69) is 10.6 Å². The van der Waals surface area contributed by atoms with Gasteiger partial charge in [0.15, 0.2) is 12.4 Å². The largest absolute Gasteiger partial charge is 0.494 e. The summed E-state index contributed by atoms with van der Waals surface area (Å²) in [5.74, 6) is 0.131. The fourth-order valence-electron chi connectivity index (χ4n) is 2.79. The van der Waals surface area contributed by atoms with E-state index in [-0.39, 0.29) is 28.3 Å². The number of anilines is 2. The second-order valence-corrected chi connectivity index (χ2v) is 8.06. The van der Waals surface area contributed by atoms with Crippen molar-refractivity contribution in [2.45, 2.75) is 40.0 Å². The average molecular weight is 488 g/mol. The highest BCUT2D eigenvalue weighted by atomic mass is 35.5. The molecule has 2 N–H and O–H groups in total. The van der Waals surface area contributed by atoms with Crippen LogP contribution in [0.3, 0.4) is 0 Å². The number of nitrogens with one attached hydrogen (secondary N) is 2. The Bertz CT molecular complexity index is 951. The van der Waals surface area contributed by atoms with Crippen LogP contribution in [0.2, 0.25) is 15.1 Å². The lowest BCUT2D eigenvalue weighted by Crippen LogP contribution is -2.20. The Balaban J connectivity index is 2.05. The summed E-state index contributed by atoms with van der Waals surface area (Å²) >= 11 is 18.7. The molecule has 6 nitrogen and oxygen atoms in total. The first-order valence-electron chi connectivity index (χ1n) is 9.73. The predicted molar refractivity (Wildman–Crippen MR) is 126 cm³/mol. The van der Waals surface area contributed by atoms with Crippen molar-refractivity contribution in [3.05, 3.63) is 44.4 Å². The normalized spacial score (nSPS) is 10.5. The zero-order valence-corrected chi connectivity index (χ0v) is 20.1. The third kappa shape index (κ3) is 6.42. The molecule has 31 heavy (non-hydrogen) atoms. The molecule has 0 radical (unpaired) electrons. The zero-order chi connectivity index (χ0) is 23.1. The van der Waals surface area contributed by atoms with Crippen LogP contribution in [0.1, 0.15) is 37.3 Å². The molecule has 0 aliphatic rings. The SMILES string of the molecule is CCCCC(=O)Nc1ccc(NC(=O)COc2c(Cl)c(C)c(Cl)c(C)c2Cl)cc1OC. The van der Waals surface area contributed by atoms with E-state index in [0.29, 0.717) is 39.7 Å². The van der Waals surface area contributed by atoms with Gasteiger partial charge in [0.05, 0.1) is 22.8 Å². The summed E-state index contributed by atoms with van der Waals surface area (Å²) in [6.45, 7) is 5.20. The van der Waals surface area contributed by atoms with Crippen molar-refractivity contribution >= 4 is 58.0 Å². The molecule has 168 valence electrons. The maximum Gasteiger partial charge on any atom is 0.262 e. The van der Waals surface area contributed by atoms with Crippen molar-refractivity contribution < 1.29 is 19.1 Å². The van der Waals surface area contributed by atoms with Crippen LogP contribution in [0.25, 0.3) is 0 Å². The highest BCUT2D eigenvalue weighted by Gasteiger charge is 2.19. The maximum absolute atomic E-state index is 12.4. The number of ether oxygens (including phenoxy) is 2. The molecule has 0 aromatic heterocycles. The van der Waals surface area contributed by atoms with E-state index in [0.717, 1.165) is 12.8 Å². The highest BCUT2D eigenvalue weighted by Crippen LogP contribution is 2.42. The molecule has 0 spiro atoms. The number of carbonyl (C=O) groups is 2. The van der Waals surface area contributed by atoms with Gasteiger partial charge in [-0.1, -0.05) is 48.1 Å². The number of methoxy groups -OCH3 is 1. The molecule has 0 fully saturated rings. The first-order chi connectivity index (χ1) is 14.7. The number of benzene rings is 2. The van der Waals surface area contributed by atoms with Gasteiger partial charge in [-0.05, 0) is 43.5 Å². The van der Waals surface area contributed by atoms with Gasteiger partial charge in [0.2, 0.25) is 5.91 Å². The molecule has 0 bridgehead atoms. The lowest BCUT2D eigenvalue weighted by molar-refractivity contribution is -0.118. The quantitative estimate of drug-likeness (QED) is 0.428. The fraction of sp³-hybridized carbons (Fsp3) is 0.364. The summed E-state index contributed by atoms with van der Waals surface area (Å²) in [6, 6.07) is 4.94. The van der Waals surface area contributed by atoms with Crippen molar-refractivity contribution in [1.29, 1.82) is 0 Å². The van der Waals surface area contributed by atoms with E-state index in [1.54, 1.807) is 32.0 Å². The summed E-state index contributed by atoms with van der Waals surface area (Å²) in [5, 5.41) is 6.51. The Morgan fingerprint density at radius 3 is 2.19 bits per heavy atom. The fourth-order valence-corrected chi connectivity index (χ4v) is 3.62. The van der Waals surface area contributed by atoms with Crippen LogP contribution < -0.4 is 20.1 Å². The van der Waals surface area contributed by atoms with Crippen LogP contribution in [-0.2, 0) is 9.59 Å². The molecule has 0 atom stereocenters. The van der Waals surface area contributed by atoms with E-state index in [1.165, 1.54) is 7.11 Å². The van der Waals surface area contributed by atoms with Crippen molar-refractivity contribution in [1.82, 2.24) is 0 Å². The van der Waals surface area contributed by atoms with Crippen LogP contribution in [0.4, 0.5) is 11.4 Å². The molecule has 0 aliphatic heterocycles.